The Balaban J connectivity index is 1.51. The van der Waals surface area contributed by atoms with Gasteiger partial charge in [0.2, 0.25) is 0 Å². The molecule has 148 valence electrons. The average Bonchev–Trinajstić information content (AvgIpc) is 2.68. The van der Waals surface area contributed by atoms with Crippen LogP contribution in [0.4, 0.5) is 10.1 Å². The summed E-state index contributed by atoms with van der Waals surface area (Å²) in [5.41, 5.74) is 1.29. The van der Waals surface area contributed by atoms with Crippen molar-refractivity contribution in [2.24, 2.45) is 0 Å². The van der Waals surface area contributed by atoms with Crippen LogP contribution in [0.25, 0.3) is 0 Å². The Morgan fingerprint density at radius 3 is 2.57 bits per heavy atom. The van der Waals surface area contributed by atoms with Gasteiger partial charge >= 0.3 is 5.69 Å². The topological polar surface area (TPSA) is 75.9 Å². The van der Waals surface area contributed by atoms with E-state index in [0.717, 1.165) is 5.56 Å². The molecule has 1 saturated heterocycles. The second-order valence-corrected chi connectivity index (χ2v) is 6.77. The highest BCUT2D eigenvalue weighted by Crippen LogP contribution is 2.27. The van der Waals surface area contributed by atoms with Gasteiger partial charge in [0.25, 0.3) is 5.91 Å². The molecule has 2 aromatic carbocycles. The van der Waals surface area contributed by atoms with Gasteiger partial charge in [-0.25, -0.2) is 4.39 Å². The van der Waals surface area contributed by atoms with Crippen LogP contribution in [0.1, 0.15) is 11.1 Å². The highest BCUT2D eigenvalue weighted by molar-refractivity contribution is 5.78. The fourth-order valence-corrected chi connectivity index (χ4v) is 3.14. The number of halogens is 1. The van der Waals surface area contributed by atoms with E-state index in [1.54, 1.807) is 42.2 Å². The normalized spacial score (nSPS) is 14.7. The SMILES string of the molecule is Cc1ccc([N+](=O)[O-])c(OCC(=O)N2CCN(Cc3ccccc3F)CC2)c1. The van der Waals surface area contributed by atoms with E-state index in [4.69, 9.17) is 4.74 Å². The summed E-state index contributed by atoms with van der Waals surface area (Å²) in [5, 5.41) is 11.1. The predicted molar refractivity (Wildman–Crippen MR) is 102 cm³/mol. The Morgan fingerprint density at radius 2 is 1.89 bits per heavy atom. The number of hydrogen-bond donors (Lipinski definition) is 0. The molecular formula is C20H22FN3O4. The second-order valence-electron chi connectivity index (χ2n) is 6.77. The molecule has 2 aromatic rings. The van der Waals surface area contributed by atoms with Crippen LogP contribution in [0, 0.1) is 22.9 Å². The van der Waals surface area contributed by atoms with E-state index in [1.807, 2.05) is 0 Å². The fourth-order valence-electron chi connectivity index (χ4n) is 3.14. The molecule has 0 aromatic heterocycles. The summed E-state index contributed by atoms with van der Waals surface area (Å²) in [6, 6.07) is 11.2. The lowest BCUT2D eigenvalue weighted by Gasteiger charge is -2.34. The average molecular weight is 387 g/mol. The standard InChI is InChI=1S/C20H22FN3O4/c1-15-6-7-18(24(26)27)19(12-15)28-14-20(25)23-10-8-22(9-11-23)13-16-4-2-3-5-17(16)21/h2-7,12H,8-11,13-14H2,1H3. The Hall–Kier alpha value is -3.00. The van der Waals surface area contributed by atoms with Crippen LogP contribution in [0.2, 0.25) is 0 Å². The number of rotatable bonds is 6. The summed E-state index contributed by atoms with van der Waals surface area (Å²) in [5.74, 6) is -0.355. The number of piperazine rings is 1. The van der Waals surface area contributed by atoms with Gasteiger partial charge in [-0.2, -0.15) is 0 Å². The lowest BCUT2D eigenvalue weighted by Crippen LogP contribution is -2.49. The molecule has 1 amide bonds. The highest BCUT2D eigenvalue weighted by Gasteiger charge is 2.23. The molecule has 0 atom stereocenters. The van der Waals surface area contributed by atoms with Gasteiger partial charge in [-0.3, -0.25) is 19.8 Å². The molecule has 1 aliphatic heterocycles. The minimum absolute atomic E-state index is 0.0940. The fraction of sp³-hybridized carbons (Fsp3) is 0.350. The van der Waals surface area contributed by atoms with Crippen molar-refractivity contribution in [1.29, 1.82) is 0 Å². The van der Waals surface area contributed by atoms with Crippen LogP contribution in [-0.4, -0.2) is 53.4 Å². The van der Waals surface area contributed by atoms with Gasteiger partial charge in [-0.15, -0.1) is 0 Å². The monoisotopic (exact) mass is 387 g/mol. The molecule has 0 radical (unpaired) electrons. The Morgan fingerprint density at radius 1 is 1.18 bits per heavy atom. The Labute approximate surface area is 162 Å². The molecule has 0 saturated carbocycles. The van der Waals surface area contributed by atoms with Crippen molar-refractivity contribution in [1.82, 2.24) is 9.80 Å². The number of carbonyl (C=O) groups excluding carboxylic acids is 1. The number of benzene rings is 2. The number of nitro groups is 1. The summed E-state index contributed by atoms with van der Waals surface area (Å²) in [6.45, 7) is 4.32. The molecule has 0 unspecified atom stereocenters. The van der Waals surface area contributed by atoms with Crippen LogP contribution in [-0.2, 0) is 11.3 Å². The van der Waals surface area contributed by atoms with Crippen LogP contribution in [0.5, 0.6) is 5.75 Å². The van der Waals surface area contributed by atoms with Crippen LogP contribution in [0.15, 0.2) is 42.5 Å². The maximum atomic E-state index is 13.8. The van der Waals surface area contributed by atoms with Crippen molar-refractivity contribution in [3.8, 4) is 5.75 Å². The first-order valence-corrected chi connectivity index (χ1v) is 9.05. The number of amides is 1. The van der Waals surface area contributed by atoms with Gasteiger partial charge in [-0.05, 0) is 24.6 Å². The van der Waals surface area contributed by atoms with E-state index in [2.05, 4.69) is 4.90 Å². The number of ether oxygens (including phenoxy) is 1. The van der Waals surface area contributed by atoms with Crippen molar-refractivity contribution in [3.63, 3.8) is 0 Å². The third-order valence-corrected chi connectivity index (χ3v) is 4.74. The van der Waals surface area contributed by atoms with Crippen LogP contribution < -0.4 is 4.74 Å². The number of nitro benzene ring substituents is 1. The number of carbonyl (C=O) groups is 1. The smallest absolute Gasteiger partial charge is 0.310 e. The maximum absolute atomic E-state index is 13.8. The van der Waals surface area contributed by atoms with E-state index in [1.165, 1.54) is 12.1 Å². The van der Waals surface area contributed by atoms with Gasteiger partial charge in [0.15, 0.2) is 12.4 Å². The largest absolute Gasteiger partial charge is 0.477 e. The van der Waals surface area contributed by atoms with E-state index in [9.17, 15) is 19.3 Å². The van der Waals surface area contributed by atoms with E-state index < -0.39 is 4.92 Å². The van der Waals surface area contributed by atoms with Crippen molar-refractivity contribution in [2.75, 3.05) is 32.8 Å². The van der Waals surface area contributed by atoms with Gasteiger partial charge in [0, 0.05) is 44.4 Å². The molecular weight excluding hydrogens is 365 g/mol. The molecule has 0 spiro atoms. The van der Waals surface area contributed by atoms with Gasteiger partial charge < -0.3 is 9.64 Å². The minimum Gasteiger partial charge on any atom is -0.477 e. The van der Waals surface area contributed by atoms with Crippen LogP contribution in [0.3, 0.4) is 0 Å². The zero-order chi connectivity index (χ0) is 20.1. The molecule has 7 nitrogen and oxygen atoms in total. The second kappa shape index (κ2) is 8.79. The third-order valence-electron chi connectivity index (χ3n) is 4.74. The summed E-state index contributed by atoms with van der Waals surface area (Å²) in [4.78, 5) is 26.7. The number of nitrogens with zero attached hydrogens (tertiary/aromatic N) is 3. The molecule has 1 fully saturated rings. The van der Waals surface area contributed by atoms with Crippen molar-refractivity contribution in [2.45, 2.75) is 13.5 Å². The first kappa shape index (κ1) is 19.8. The van der Waals surface area contributed by atoms with E-state index in [0.29, 0.717) is 38.3 Å². The van der Waals surface area contributed by atoms with Crippen molar-refractivity contribution in [3.05, 3.63) is 69.5 Å². The van der Waals surface area contributed by atoms with E-state index >= 15 is 0 Å². The van der Waals surface area contributed by atoms with Crippen molar-refractivity contribution >= 4 is 11.6 Å². The van der Waals surface area contributed by atoms with Gasteiger partial charge in [0.1, 0.15) is 5.82 Å². The first-order valence-electron chi connectivity index (χ1n) is 9.05. The lowest BCUT2D eigenvalue weighted by atomic mass is 10.2. The number of aryl methyl sites for hydroxylation is 1. The molecule has 28 heavy (non-hydrogen) atoms. The first-order chi connectivity index (χ1) is 13.4. The Kier molecular flexibility index (Phi) is 6.20. The lowest BCUT2D eigenvalue weighted by molar-refractivity contribution is -0.385. The van der Waals surface area contributed by atoms with Gasteiger partial charge in [-0.1, -0.05) is 24.3 Å². The quantitative estimate of drug-likeness (QED) is 0.563. The molecule has 3 rings (SSSR count). The van der Waals surface area contributed by atoms with Crippen LogP contribution >= 0.6 is 0 Å². The summed E-state index contributed by atoms with van der Waals surface area (Å²) >= 11 is 0. The number of hydrogen-bond acceptors (Lipinski definition) is 5. The highest BCUT2D eigenvalue weighted by atomic mass is 19.1. The van der Waals surface area contributed by atoms with Crippen molar-refractivity contribution < 1.29 is 18.8 Å². The molecule has 0 bridgehead atoms. The molecule has 0 aliphatic carbocycles. The summed E-state index contributed by atoms with van der Waals surface area (Å²) < 4.78 is 19.2. The Bertz CT molecular complexity index is 866. The molecule has 1 heterocycles. The minimum atomic E-state index is -0.527. The maximum Gasteiger partial charge on any atom is 0.310 e. The predicted octanol–water partition coefficient (Wildman–Crippen LogP) is 2.77. The zero-order valence-electron chi connectivity index (χ0n) is 15.6. The molecule has 8 heteroatoms. The molecule has 0 N–H and O–H groups in total. The third kappa shape index (κ3) is 4.83. The summed E-state index contributed by atoms with van der Waals surface area (Å²) in [7, 11) is 0. The van der Waals surface area contributed by atoms with Gasteiger partial charge in [0.05, 0.1) is 4.92 Å². The van der Waals surface area contributed by atoms with E-state index in [-0.39, 0.29) is 29.8 Å². The summed E-state index contributed by atoms with van der Waals surface area (Å²) in [6.07, 6.45) is 0. The molecule has 1 aliphatic rings. The zero-order valence-corrected chi connectivity index (χ0v) is 15.6.